The van der Waals surface area contributed by atoms with E-state index >= 15 is 0 Å². The summed E-state index contributed by atoms with van der Waals surface area (Å²) in [7, 11) is 1.28. The predicted molar refractivity (Wildman–Crippen MR) is 60.7 cm³/mol. The van der Waals surface area contributed by atoms with Crippen LogP contribution in [0.3, 0.4) is 0 Å². The Bertz CT molecular complexity index is 462. The second kappa shape index (κ2) is 5.69. The average Bonchev–Trinajstić information content (AvgIpc) is 2.30. The van der Waals surface area contributed by atoms with Crippen molar-refractivity contribution < 1.29 is 24.5 Å². The molecule has 1 rings (SSSR count). The molecule has 0 aliphatic carbocycles. The van der Waals surface area contributed by atoms with E-state index in [9.17, 15) is 14.7 Å². The summed E-state index contributed by atoms with van der Waals surface area (Å²) in [5, 5.41) is 18.3. The van der Waals surface area contributed by atoms with Crippen molar-refractivity contribution in [2.75, 3.05) is 7.11 Å². The van der Waals surface area contributed by atoms with Crippen molar-refractivity contribution in [3.05, 3.63) is 35.4 Å². The lowest BCUT2D eigenvalue weighted by molar-refractivity contribution is -0.139. The fraction of sp³-hybridized carbons (Fsp3) is 0.167. The maximum atomic E-state index is 10.8. The number of carbonyl (C=O) groups is 2. The summed E-state index contributed by atoms with van der Waals surface area (Å²) in [6.07, 6.45) is 3.03. The van der Waals surface area contributed by atoms with Crippen LogP contribution in [-0.2, 0) is 9.53 Å². The van der Waals surface area contributed by atoms with E-state index in [1.54, 1.807) is 0 Å². The zero-order valence-electron chi connectivity index (χ0n) is 9.21. The molecule has 0 atom stereocenters. The lowest BCUT2D eigenvalue weighted by atomic mass is 10.1. The molecular weight excluding hydrogens is 224 g/mol. The van der Waals surface area contributed by atoms with E-state index in [-0.39, 0.29) is 17.7 Å². The van der Waals surface area contributed by atoms with E-state index in [1.807, 2.05) is 0 Å². The molecule has 0 aromatic heterocycles. The highest BCUT2D eigenvalue weighted by atomic mass is 16.5. The maximum Gasteiger partial charge on any atom is 0.335 e. The van der Waals surface area contributed by atoms with E-state index in [2.05, 4.69) is 4.74 Å². The molecule has 0 fully saturated rings. The van der Waals surface area contributed by atoms with Gasteiger partial charge in [-0.05, 0) is 18.2 Å². The number of ether oxygens (including phenoxy) is 1. The molecule has 0 heterocycles. The quantitative estimate of drug-likeness (QED) is 0.777. The molecule has 0 saturated carbocycles. The summed E-state index contributed by atoms with van der Waals surface area (Å²) in [5.41, 5.74) is 0.411. The molecule has 0 radical (unpaired) electrons. The average molecular weight is 236 g/mol. The minimum atomic E-state index is -1.08. The molecule has 0 aliphatic rings. The van der Waals surface area contributed by atoms with Gasteiger partial charge in [-0.2, -0.15) is 0 Å². The summed E-state index contributed by atoms with van der Waals surface area (Å²) in [6.45, 7) is 0. The van der Waals surface area contributed by atoms with E-state index < -0.39 is 11.9 Å². The summed E-state index contributed by atoms with van der Waals surface area (Å²) in [5.74, 6) is -1.53. The molecule has 0 aliphatic heterocycles. The standard InChI is InChI=1S/C12H12O5/c1-17-11(14)4-2-3-8-7-9(12(15)16)5-6-10(8)13/h2-3,5-7,13H,4H2,1H3,(H,15,16). The summed E-state index contributed by atoms with van der Waals surface area (Å²) < 4.78 is 4.43. The molecule has 0 saturated heterocycles. The number of benzene rings is 1. The van der Waals surface area contributed by atoms with Gasteiger partial charge in [0.1, 0.15) is 5.75 Å². The second-order valence-electron chi connectivity index (χ2n) is 3.26. The molecule has 0 amide bonds. The second-order valence-corrected chi connectivity index (χ2v) is 3.26. The van der Waals surface area contributed by atoms with Gasteiger partial charge >= 0.3 is 11.9 Å². The van der Waals surface area contributed by atoms with Crippen LogP contribution in [0.4, 0.5) is 0 Å². The van der Waals surface area contributed by atoms with Gasteiger partial charge in [-0.3, -0.25) is 4.79 Å². The first-order valence-corrected chi connectivity index (χ1v) is 4.84. The normalized spacial score (nSPS) is 10.4. The minimum Gasteiger partial charge on any atom is -0.507 e. The van der Waals surface area contributed by atoms with Crippen LogP contribution < -0.4 is 0 Å². The first kappa shape index (κ1) is 12.8. The molecule has 1 aromatic carbocycles. The minimum absolute atomic E-state index is 0.0453. The van der Waals surface area contributed by atoms with Gasteiger partial charge in [-0.1, -0.05) is 12.2 Å². The summed E-state index contributed by atoms with van der Waals surface area (Å²) in [6, 6.07) is 3.92. The van der Waals surface area contributed by atoms with Gasteiger partial charge in [0.15, 0.2) is 0 Å². The van der Waals surface area contributed by atoms with Gasteiger partial charge in [0.05, 0.1) is 19.1 Å². The highest BCUT2D eigenvalue weighted by Crippen LogP contribution is 2.20. The third-order valence-corrected chi connectivity index (χ3v) is 2.08. The third kappa shape index (κ3) is 3.64. The molecule has 0 unspecified atom stereocenters. The predicted octanol–water partition coefficient (Wildman–Crippen LogP) is 1.67. The zero-order chi connectivity index (χ0) is 12.8. The number of methoxy groups -OCH3 is 1. The van der Waals surface area contributed by atoms with Gasteiger partial charge in [-0.15, -0.1) is 0 Å². The van der Waals surface area contributed by atoms with Crippen molar-refractivity contribution in [1.82, 2.24) is 0 Å². The highest BCUT2D eigenvalue weighted by Gasteiger charge is 2.05. The molecule has 1 aromatic rings. The van der Waals surface area contributed by atoms with Crippen LogP contribution >= 0.6 is 0 Å². The number of hydrogen-bond donors (Lipinski definition) is 2. The van der Waals surface area contributed by atoms with E-state index in [0.29, 0.717) is 5.56 Å². The van der Waals surface area contributed by atoms with Crippen molar-refractivity contribution in [3.63, 3.8) is 0 Å². The van der Waals surface area contributed by atoms with Gasteiger partial charge in [0, 0.05) is 5.56 Å². The molecule has 5 nitrogen and oxygen atoms in total. The number of carboxylic acids is 1. The maximum absolute atomic E-state index is 10.8. The third-order valence-electron chi connectivity index (χ3n) is 2.08. The monoisotopic (exact) mass is 236 g/mol. The Hall–Kier alpha value is -2.30. The Morgan fingerprint density at radius 2 is 2.12 bits per heavy atom. The molecular formula is C12H12O5. The smallest absolute Gasteiger partial charge is 0.335 e. The Morgan fingerprint density at radius 3 is 2.71 bits per heavy atom. The molecule has 0 bridgehead atoms. The SMILES string of the molecule is COC(=O)CC=Cc1cc(C(=O)O)ccc1O. The largest absolute Gasteiger partial charge is 0.507 e. The molecule has 17 heavy (non-hydrogen) atoms. The molecule has 5 heteroatoms. The molecule has 0 spiro atoms. The van der Waals surface area contributed by atoms with Crippen LogP contribution in [0.2, 0.25) is 0 Å². The lowest BCUT2D eigenvalue weighted by Crippen LogP contribution is -1.97. The van der Waals surface area contributed by atoms with Crippen molar-refractivity contribution in [2.45, 2.75) is 6.42 Å². The van der Waals surface area contributed by atoms with E-state index in [4.69, 9.17) is 5.11 Å². The number of phenols is 1. The molecule has 2 N–H and O–H groups in total. The van der Waals surface area contributed by atoms with Crippen molar-refractivity contribution in [2.24, 2.45) is 0 Å². The number of aromatic hydroxyl groups is 1. The topological polar surface area (TPSA) is 83.8 Å². The van der Waals surface area contributed by atoms with Gasteiger partial charge in [0.2, 0.25) is 0 Å². The highest BCUT2D eigenvalue weighted by molar-refractivity contribution is 5.89. The number of carboxylic acid groups (broad SMARTS) is 1. The van der Waals surface area contributed by atoms with Crippen molar-refractivity contribution in [1.29, 1.82) is 0 Å². The zero-order valence-corrected chi connectivity index (χ0v) is 9.21. The number of rotatable bonds is 4. The Labute approximate surface area is 98.0 Å². The van der Waals surface area contributed by atoms with Gasteiger partial charge in [-0.25, -0.2) is 4.79 Å². The fourth-order valence-corrected chi connectivity index (χ4v) is 1.19. The molecule has 90 valence electrons. The Balaban J connectivity index is 2.86. The summed E-state index contributed by atoms with van der Waals surface area (Å²) in [4.78, 5) is 21.5. The van der Waals surface area contributed by atoms with E-state index in [1.165, 1.54) is 37.5 Å². The number of hydrogen-bond acceptors (Lipinski definition) is 4. The lowest BCUT2D eigenvalue weighted by Gasteiger charge is -2.01. The first-order chi connectivity index (χ1) is 8.04. The summed E-state index contributed by atoms with van der Waals surface area (Å²) >= 11 is 0. The number of aromatic carboxylic acids is 1. The Kier molecular flexibility index (Phi) is 4.28. The van der Waals surface area contributed by atoms with Crippen LogP contribution in [0.5, 0.6) is 5.75 Å². The van der Waals surface area contributed by atoms with Gasteiger partial charge < -0.3 is 14.9 Å². The number of carbonyl (C=O) groups excluding carboxylic acids is 1. The van der Waals surface area contributed by atoms with Crippen LogP contribution in [0.15, 0.2) is 24.3 Å². The van der Waals surface area contributed by atoms with Crippen LogP contribution in [0, 0.1) is 0 Å². The van der Waals surface area contributed by atoms with Crippen LogP contribution in [0.1, 0.15) is 22.3 Å². The fourth-order valence-electron chi connectivity index (χ4n) is 1.19. The van der Waals surface area contributed by atoms with Crippen LogP contribution in [-0.4, -0.2) is 29.3 Å². The number of esters is 1. The van der Waals surface area contributed by atoms with E-state index in [0.717, 1.165) is 0 Å². The Morgan fingerprint density at radius 1 is 1.41 bits per heavy atom. The van der Waals surface area contributed by atoms with Gasteiger partial charge in [0.25, 0.3) is 0 Å². The number of phenolic OH excluding ortho intramolecular Hbond substituents is 1. The first-order valence-electron chi connectivity index (χ1n) is 4.84. The van der Waals surface area contributed by atoms with Crippen LogP contribution in [0.25, 0.3) is 6.08 Å². The van der Waals surface area contributed by atoms with Crippen molar-refractivity contribution >= 4 is 18.0 Å². The van der Waals surface area contributed by atoms with Crippen molar-refractivity contribution in [3.8, 4) is 5.75 Å².